The first-order chi connectivity index (χ1) is 12.1. The molecule has 9 heteroatoms. The molecule has 2 rings (SSSR count). The van der Waals surface area contributed by atoms with Gasteiger partial charge in [-0.05, 0) is 30.5 Å². The van der Waals surface area contributed by atoms with Crippen LogP contribution in [0.5, 0.6) is 0 Å². The van der Waals surface area contributed by atoms with Gasteiger partial charge in [0.25, 0.3) is 5.91 Å². The van der Waals surface area contributed by atoms with Gasteiger partial charge in [-0.2, -0.15) is 0 Å². The van der Waals surface area contributed by atoms with Crippen molar-refractivity contribution in [3.8, 4) is 0 Å². The number of nitrogens with one attached hydrogen (secondary N) is 3. The van der Waals surface area contributed by atoms with Crippen LogP contribution < -0.4 is 16.0 Å². The Morgan fingerprint density at radius 3 is 2.42 bits per heavy atom. The molecule has 0 aliphatic carbocycles. The molecule has 0 saturated carbocycles. The molecule has 0 spiro atoms. The molecule has 1 fully saturated rings. The van der Waals surface area contributed by atoms with Crippen LogP contribution in [-0.2, 0) is 15.1 Å². The van der Waals surface area contributed by atoms with E-state index >= 15 is 0 Å². The Labute approximate surface area is 156 Å². The summed E-state index contributed by atoms with van der Waals surface area (Å²) in [6, 6.07) is 5.10. The number of urea groups is 2. The van der Waals surface area contributed by atoms with Gasteiger partial charge in [-0.3, -0.25) is 19.8 Å². The van der Waals surface area contributed by atoms with Crippen molar-refractivity contribution in [2.75, 3.05) is 13.1 Å². The average Bonchev–Trinajstić information content (AvgIpc) is 2.77. The highest BCUT2D eigenvalue weighted by Crippen LogP contribution is 2.29. The fraction of sp³-hybridized carbons (Fsp3) is 0.412. The van der Waals surface area contributed by atoms with E-state index in [-0.39, 0.29) is 5.92 Å². The minimum atomic E-state index is -1.30. The Kier molecular flexibility index (Phi) is 5.86. The second-order valence-electron chi connectivity index (χ2n) is 6.61. The molecule has 140 valence electrons. The number of nitrogens with zero attached hydrogens (tertiary/aromatic N) is 1. The predicted octanol–water partition coefficient (Wildman–Crippen LogP) is 1.59. The predicted molar refractivity (Wildman–Crippen MR) is 95.4 cm³/mol. The summed E-state index contributed by atoms with van der Waals surface area (Å²) in [5, 5.41) is 7.69. The van der Waals surface area contributed by atoms with Crippen LogP contribution in [0.15, 0.2) is 24.3 Å². The molecule has 0 bridgehead atoms. The van der Waals surface area contributed by atoms with Crippen molar-refractivity contribution in [1.29, 1.82) is 0 Å². The summed E-state index contributed by atoms with van der Waals surface area (Å²) in [7, 11) is 0. The second kappa shape index (κ2) is 7.74. The Hall–Kier alpha value is -2.61. The molecular weight excluding hydrogens is 360 g/mol. The molecule has 3 N–H and O–H groups in total. The zero-order valence-corrected chi connectivity index (χ0v) is 15.5. The highest BCUT2D eigenvalue weighted by atomic mass is 35.5. The van der Waals surface area contributed by atoms with E-state index in [1.165, 1.54) is 0 Å². The minimum Gasteiger partial charge on any atom is -0.338 e. The summed E-state index contributed by atoms with van der Waals surface area (Å²) < 4.78 is 0. The number of rotatable bonds is 5. The highest BCUT2D eigenvalue weighted by molar-refractivity contribution is 6.30. The van der Waals surface area contributed by atoms with E-state index in [2.05, 4.69) is 16.0 Å². The monoisotopic (exact) mass is 380 g/mol. The SMILES string of the molecule is CC(C)CNC(=O)NC(=O)CN1C(=O)N[C@@](C)(c2ccc(Cl)cc2)C1=O. The molecule has 26 heavy (non-hydrogen) atoms. The van der Waals surface area contributed by atoms with E-state index in [9.17, 15) is 19.2 Å². The fourth-order valence-electron chi connectivity index (χ4n) is 2.47. The Balaban J connectivity index is 2.03. The number of imide groups is 2. The molecule has 1 heterocycles. The zero-order valence-electron chi connectivity index (χ0n) is 14.8. The lowest BCUT2D eigenvalue weighted by Gasteiger charge is -2.22. The van der Waals surface area contributed by atoms with Gasteiger partial charge in [0.2, 0.25) is 5.91 Å². The first kappa shape index (κ1) is 19.7. The summed E-state index contributed by atoms with van der Waals surface area (Å²) in [5.74, 6) is -1.11. The van der Waals surface area contributed by atoms with Gasteiger partial charge in [0.1, 0.15) is 12.1 Å². The highest BCUT2D eigenvalue weighted by Gasteiger charge is 2.49. The van der Waals surface area contributed by atoms with E-state index in [0.29, 0.717) is 17.1 Å². The number of benzene rings is 1. The van der Waals surface area contributed by atoms with E-state index < -0.39 is 36.0 Å². The van der Waals surface area contributed by atoms with Crippen LogP contribution in [0.3, 0.4) is 0 Å². The van der Waals surface area contributed by atoms with Crippen molar-refractivity contribution < 1.29 is 19.2 Å². The van der Waals surface area contributed by atoms with Gasteiger partial charge in [0.15, 0.2) is 0 Å². The van der Waals surface area contributed by atoms with Crippen molar-refractivity contribution in [2.45, 2.75) is 26.3 Å². The van der Waals surface area contributed by atoms with Crippen LogP contribution in [0.4, 0.5) is 9.59 Å². The van der Waals surface area contributed by atoms with E-state index in [0.717, 1.165) is 4.90 Å². The molecule has 1 saturated heterocycles. The molecule has 0 unspecified atom stereocenters. The third-order valence-electron chi connectivity index (χ3n) is 3.92. The van der Waals surface area contributed by atoms with Crippen LogP contribution >= 0.6 is 11.6 Å². The number of halogens is 1. The molecule has 0 radical (unpaired) electrons. The maximum absolute atomic E-state index is 12.7. The zero-order chi connectivity index (χ0) is 19.5. The standard InChI is InChI=1S/C17H21ClN4O4/c1-10(2)8-19-15(25)20-13(23)9-22-14(24)17(3,21-16(22)26)11-4-6-12(18)7-5-11/h4-7,10H,8-9H2,1-3H3,(H,21,26)(H2,19,20,23,25)/t17-/m0/s1. The van der Waals surface area contributed by atoms with Crippen molar-refractivity contribution in [3.63, 3.8) is 0 Å². The Morgan fingerprint density at radius 1 is 1.23 bits per heavy atom. The lowest BCUT2D eigenvalue weighted by atomic mass is 9.92. The topological polar surface area (TPSA) is 108 Å². The maximum atomic E-state index is 12.7. The van der Waals surface area contributed by atoms with Crippen LogP contribution in [-0.4, -0.2) is 41.9 Å². The minimum absolute atomic E-state index is 0.224. The number of hydrogen-bond donors (Lipinski definition) is 3. The summed E-state index contributed by atoms with van der Waals surface area (Å²) in [5.41, 5.74) is -0.764. The molecule has 1 atom stereocenters. The largest absolute Gasteiger partial charge is 0.338 e. The van der Waals surface area contributed by atoms with Crippen molar-refractivity contribution in [3.05, 3.63) is 34.9 Å². The third-order valence-corrected chi connectivity index (χ3v) is 4.17. The number of carbonyl (C=O) groups is 4. The quantitative estimate of drug-likeness (QED) is 0.674. The lowest BCUT2D eigenvalue weighted by molar-refractivity contribution is -0.134. The molecule has 1 aromatic carbocycles. The number of carbonyl (C=O) groups excluding carboxylic acids is 4. The normalized spacial score (nSPS) is 19.5. The second-order valence-corrected chi connectivity index (χ2v) is 7.04. The molecule has 1 aromatic rings. The smallest absolute Gasteiger partial charge is 0.325 e. The Bertz CT molecular complexity index is 735. The number of hydrogen-bond acceptors (Lipinski definition) is 4. The Morgan fingerprint density at radius 2 is 1.85 bits per heavy atom. The van der Waals surface area contributed by atoms with Gasteiger partial charge in [-0.1, -0.05) is 37.6 Å². The molecule has 1 aliphatic rings. The third kappa shape index (κ3) is 4.32. The van der Waals surface area contributed by atoms with Crippen LogP contribution in [0.25, 0.3) is 0 Å². The molecule has 6 amide bonds. The van der Waals surface area contributed by atoms with Crippen molar-refractivity contribution in [2.24, 2.45) is 5.92 Å². The van der Waals surface area contributed by atoms with Crippen molar-refractivity contribution in [1.82, 2.24) is 20.9 Å². The summed E-state index contributed by atoms with van der Waals surface area (Å²) in [6.07, 6.45) is 0. The lowest BCUT2D eigenvalue weighted by Crippen LogP contribution is -2.47. The van der Waals surface area contributed by atoms with Gasteiger partial charge in [-0.25, -0.2) is 9.59 Å². The fourth-order valence-corrected chi connectivity index (χ4v) is 2.60. The first-order valence-electron chi connectivity index (χ1n) is 8.11. The van der Waals surface area contributed by atoms with Gasteiger partial charge in [0.05, 0.1) is 0 Å². The van der Waals surface area contributed by atoms with Crippen LogP contribution in [0.1, 0.15) is 26.3 Å². The van der Waals surface area contributed by atoms with Gasteiger partial charge >= 0.3 is 12.1 Å². The summed E-state index contributed by atoms with van der Waals surface area (Å²) in [6.45, 7) is 5.21. The van der Waals surface area contributed by atoms with E-state index in [1.54, 1.807) is 31.2 Å². The summed E-state index contributed by atoms with van der Waals surface area (Å²) >= 11 is 5.85. The molecule has 1 aliphatic heterocycles. The van der Waals surface area contributed by atoms with E-state index in [4.69, 9.17) is 11.6 Å². The average molecular weight is 381 g/mol. The molecule has 0 aromatic heterocycles. The van der Waals surface area contributed by atoms with Crippen molar-refractivity contribution >= 4 is 35.5 Å². The van der Waals surface area contributed by atoms with Crippen LogP contribution in [0.2, 0.25) is 5.02 Å². The number of amides is 6. The van der Waals surface area contributed by atoms with E-state index in [1.807, 2.05) is 13.8 Å². The molecular formula is C17H21ClN4O4. The first-order valence-corrected chi connectivity index (χ1v) is 8.49. The van der Waals surface area contributed by atoms with Crippen LogP contribution in [0, 0.1) is 5.92 Å². The maximum Gasteiger partial charge on any atom is 0.325 e. The van der Waals surface area contributed by atoms with Gasteiger partial charge in [-0.15, -0.1) is 0 Å². The van der Waals surface area contributed by atoms with Gasteiger partial charge < -0.3 is 10.6 Å². The molecule has 8 nitrogen and oxygen atoms in total. The summed E-state index contributed by atoms with van der Waals surface area (Å²) in [4.78, 5) is 49.2. The van der Waals surface area contributed by atoms with Gasteiger partial charge in [0, 0.05) is 11.6 Å².